The van der Waals surface area contributed by atoms with Crippen LogP contribution in [0, 0.1) is 96.9 Å². The molecule has 4 aromatic carbocycles. The second-order valence-corrected chi connectivity index (χ2v) is 19.6. The molecule has 73 heavy (non-hydrogen) atoms. The first kappa shape index (κ1) is 55.9. The Balaban J connectivity index is 0.000000161. The molecule has 0 N–H and O–H groups in total. The molecular weight excluding hydrogens is 924 g/mol. The van der Waals surface area contributed by atoms with Gasteiger partial charge in [-0.2, -0.15) is 5.10 Å². The number of hydrogen-bond donors (Lipinski definition) is 0. The quantitative estimate of drug-likeness (QED) is 0.171. The Morgan fingerprint density at radius 1 is 0.425 bits per heavy atom. The molecule has 0 aliphatic heterocycles. The fourth-order valence-corrected chi connectivity index (χ4v) is 8.53. The molecule has 378 valence electrons. The number of hydrogen-bond acceptors (Lipinski definition) is 8. The lowest BCUT2D eigenvalue weighted by Crippen LogP contribution is -1.97. The molecule has 11 aromatic rings. The molecule has 12 heteroatoms. The summed E-state index contributed by atoms with van der Waals surface area (Å²) in [5.41, 5.74) is 15.4. The van der Waals surface area contributed by atoms with Crippen molar-refractivity contribution in [1.29, 1.82) is 0 Å². The Bertz CT molecular complexity index is 2810. The van der Waals surface area contributed by atoms with Gasteiger partial charge >= 0.3 is 0 Å². The number of benzene rings is 4. The van der Waals surface area contributed by atoms with Crippen LogP contribution in [0.25, 0.3) is 22.4 Å². The van der Waals surface area contributed by atoms with Crippen molar-refractivity contribution in [2.75, 3.05) is 0 Å². The van der Waals surface area contributed by atoms with Gasteiger partial charge in [0.25, 0.3) is 0 Å². The average molecular weight is 995 g/mol. The first-order valence-corrected chi connectivity index (χ1v) is 25.6. The molecule has 0 radical (unpaired) electrons. The van der Waals surface area contributed by atoms with Gasteiger partial charge in [-0.3, -0.25) is 4.98 Å². The van der Waals surface area contributed by atoms with Gasteiger partial charge in [0.2, 0.25) is 0 Å². The van der Waals surface area contributed by atoms with Crippen LogP contribution in [0.5, 0.6) is 0 Å². The molecule has 0 saturated carbocycles. The zero-order valence-electron chi connectivity index (χ0n) is 45.0. The molecule has 0 saturated heterocycles. The number of furan rings is 1. The molecule has 1 atom stereocenters. The molecule has 11 rings (SSSR count). The van der Waals surface area contributed by atoms with E-state index in [0.717, 1.165) is 39.9 Å². The highest BCUT2D eigenvalue weighted by Crippen LogP contribution is 2.43. The number of aryl methyl sites for hydroxylation is 10. The Hall–Kier alpha value is -8.01. The average Bonchev–Trinajstić information content (AvgIpc) is 4.32. The highest BCUT2D eigenvalue weighted by Gasteiger charge is 2.06. The summed E-state index contributed by atoms with van der Waals surface area (Å²) in [7, 11) is -0.253. The number of nitrogens with zero attached hydrogens (tertiary/aromatic N) is 8. The Morgan fingerprint density at radius 3 is 1.34 bits per heavy atom. The van der Waals surface area contributed by atoms with Crippen LogP contribution in [0.4, 0.5) is 0 Å². The predicted octanol–water partition coefficient (Wildman–Crippen LogP) is 16.2. The maximum Gasteiger partial charge on any atom is 0.181 e. The molecule has 7 heterocycles. The standard InChI is InChI=1S/C12H13N.2C11H12N2.C11H12NP.C6H8O.2C5H7NO/c1-10-8-9-13(11(10)2)12-6-4-3-5-7-12;1-9-10(2)13(8-12-9)11-6-4-3-5-7-11;1-9-8-12-13(10(9)2)11-6-4-3-5-7-11;1-9-10(2)13(8-12-9)11-6-4-3-5-7-11;1-5-3-4-7-6(5)2;1-4-5(2)7-3-6-4;1-4-3-6-7-5(4)2/h3-9H,1-2H3;3*3-8H,1-2H3;3-4H,1-2H3;2*3H,1-2H3. The molecule has 0 aliphatic carbocycles. The third kappa shape index (κ3) is 16.5. The summed E-state index contributed by atoms with van der Waals surface area (Å²) >= 11 is 0. The van der Waals surface area contributed by atoms with E-state index in [2.05, 4.69) is 180 Å². The van der Waals surface area contributed by atoms with Crippen LogP contribution < -0.4 is 0 Å². The summed E-state index contributed by atoms with van der Waals surface area (Å²) in [5, 5.41) is 10.7. The zero-order valence-corrected chi connectivity index (χ0v) is 45.9. The minimum atomic E-state index is -0.253. The molecule has 7 aromatic heterocycles. The number of rotatable bonds is 4. The third-order valence-electron chi connectivity index (χ3n) is 12.4. The monoisotopic (exact) mass is 995 g/mol. The molecule has 0 amide bonds. The van der Waals surface area contributed by atoms with Gasteiger partial charge in [-0.1, -0.05) is 97.6 Å². The Morgan fingerprint density at radius 2 is 1.00 bits per heavy atom. The largest absolute Gasteiger partial charge is 0.469 e. The minimum Gasteiger partial charge on any atom is -0.469 e. The third-order valence-corrected chi connectivity index (χ3v) is 14.6. The van der Waals surface area contributed by atoms with Gasteiger partial charge in [-0.15, -0.1) is 0 Å². The SMILES string of the molecule is Cc1ccn(-c2ccccc2)c1C.Cc1ccoc1C.Cc1cnn(-c2ccccc2)c1C.Cc1cnoc1C.Cc1ncn(-c2ccccc2)c1C.Cc1ncoc1C.Cc1ncp(-c2ccccc2)c1C. The van der Waals surface area contributed by atoms with E-state index in [1.165, 1.54) is 67.8 Å². The van der Waals surface area contributed by atoms with E-state index in [1.54, 1.807) is 12.5 Å². The fourth-order valence-electron chi connectivity index (χ4n) is 6.65. The summed E-state index contributed by atoms with van der Waals surface area (Å²) in [5.74, 6) is 4.91. The lowest BCUT2D eigenvalue weighted by molar-refractivity contribution is 0.396. The van der Waals surface area contributed by atoms with Crippen molar-refractivity contribution in [3.63, 3.8) is 0 Å². The van der Waals surface area contributed by atoms with Crippen LogP contribution >= 0.6 is 7.53 Å². The van der Waals surface area contributed by atoms with Crippen molar-refractivity contribution in [3.8, 4) is 22.4 Å². The van der Waals surface area contributed by atoms with E-state index in [0.29, 0.717) is 0 Å². The van der Waals surface area contributed by atoms with Crippen LogP contribution in [0.1, 0.15) is 79.0 Å². The summed E-state index contributed by atoms with van der Waals surface area (Å²) in [6.45, 7) is 28.4. The van der Waals surface area contributed by atoms with Gasteiger partial charge in [0.1, 0.15) is 17.3 Å². The molecule has 0 fully saturated rings. The first-order valence-electron chi connectivity index (χ1n) is 24.2. The number of para-hydroxylation sites is 3. The highest BCUT2D eigenvalue weighted by molar-refractivity contribution is 7.57. The van der Waals surface area contributed by atoms with Gasteiger partial charge in [0, 0.05) is 45.9 Å². The molecule has 1 unspecified atom stereocenters. The van der Waals surface area contributed by atoms with Crippen molar-refractivity contribution in [2.45, 2.75) is 96.9 Å². The van der Waals surface area contributed by atoms with Gasteiger partial charge in [0.05, 0.1) is 48.0 Å². The van der Waals surface area contributed by atoms with Gasteiger partial charge in [-0.25, -0.2) is 14.6 Å². The van der Waals surface area contributed by atoms with Gasteiger partial charge in [0.15, 0.2) is 6.39 Å². The molecule has 0 spiro atoms. The zero-order chi connectivity index (χ0) is 52.9. The highest BCUT2D eigenvalue weighted by atomic mass is 31.1. The molecule has 0 aliphatic rings. The smallest absolute Gasteiger partial charge is 0.181 e. The van der Waals surface area contributed by atoms with Crippen molar-refractivity contribution < 1.29 is 13.4 Å². The second-order valence-electron chi connectivity index (χ2n) is 17.4. The molecular formula is C61H71N8O3P. The lowest BCUT2D eigenvalue weighted by Gasteiger charge is -2.05. The van der Waals surface area contributed by atoms with E-state index in [-0.39, 0.29) is 7.53 Å². The van der Waals surface area contributed by atoms with Crippen LogP contribution in [-0.4, -0.2) is 39.0 Å². The summed E-state index contributed by atoms with van der Waals surface area (Å²) in [4.78, 5) is 12.5. The van der Waals surface area contributed by atoms with Crippen LogP contribution in [-0.2, 0) is 0 Å². The van der Waals surface area contributed by atoms with E-state index >= 15 is 0 Å². The van der Waals surface area contributed by atoms with Crippen molar-refractivity contribution in [2.24, 2.45) is 0 Å². The van der Waals surface area contributed by atoms with Crippen molar-refractivity contribution in [3.05, 3.63) is 256 Å². The second kappa shape index (κ2) is 28.1. The van der Waals surface area contributed by atoms with Crippen LogP contribution in [0.3, 0.4) is 0 Å². The van der Waals surface area contributed by atoms with Crippen LogP contribution in [0.2, 0.25) is 0 Å². The first-order chi connectivity index (χ1) is 35.1. The van der Waals surface area contributed by atoms with Crippen LogP contribution in [0.15, 0.2) is 190 Å². The maximum absolute atomic E-state index is 4.96. The van der Waals surface area contributed by atoms with E-state index in [1.807, 2.05) is 114 Å². The van der Waals surface area contributed by atoms with E-state index < -0.39 is 0 Å². The lowest BCUT2D eigenvalue weighted by atomic mass is 10.3. The number of oxazole rings is 1. The summed E-state index contributed by atoms with van der Waals surface area (Å²) < 4.78 is 20.8. The Labute approximate surface area is 433 Å². The van der Waals surface area contributed by atoms with E-state index in [4.69, 9.17) is 13.4 Å². The van der Waals surface area contributed by atoms with E-state index in [9.17, 15) is 0 Å². The number of aromatic nitrogens is 8. The predicted molar refractivity (Wildman–Crippen MR) is 299 cm³/mol. The summed E-state index contributed by atoms with van der Waals surface area (Å²) in [6, 6.07) is 45.5. The fraction of sp³-hybridized carbons (Fsp3) is 0.230. The normalized spacial score (nSPS) is 10.3. The van der Waals surface area contributed by atoms with Crippen molar-refractivity contribution in [1.82, 2.24) is 39.0 Å². The van der Waals surface area contributed by atoms with Crippen molar-refractivity contribution >= 4 is 7.53 Å². The summed E-state index contributed by atoms with van der Waals surface area (Å²) in [6.07, 6.45) is 10.7. The molecule has 11 nitrogen and oxygen atoms in total. The topological polar surface area (TPSA) is 119 Å². The van der Waals surface area contributed by atoms with Gasteiger partial charge < -0.3 is 22.5 Å². The molecule has 0 bridgehead atoms. The number of imidazole rings is 1. The Kier molecular flexibility index (Phi) is 21.6. The van der Waals surface area contributed by atoms with Gasteiger partial charge in [-0.05, 0) is 173 Å². The maximum atomic E-state index is 4.96. The minimum absolute atomic E-state index is 0.253.